The summed E-state index contributed by atoms with van der Waals surface area (Å²) in [5, 5.41) is 55.6. The molecule has 3 fully saturated rings. The minimum atomic E-state index is -2.56. The monoisotopic (exact) mass is 1070 g/mol. The number of carbonyl (C=O) groups excluding carboxylic acids is 7. The van der Waals surface area contributed by atoms with Crippen LogP contribution in [-0.4, -0.2) is 134 Å². The van der Waals surface area contributed by atoms with E-state index in [9.17, 15) is 49.2 Å². The predicted octanol–water partition coefficient (Wildman–Crippen LogP) is 5.44. The minimum Gasteiger partial charge on any atom is -0.459 e. The number of alkyl carbamates (subject to hydrolysis) is 2. The summed E-state index contributed by atoms with van der Waals surface area (Å²) in [7, 11) is 0. The van der Waals surface area contributed by atoms with E-state index in [0.717, 1.165) is 6.92 Å². The van der Waals surface area contributed by atoms with E-state index < -0.39 is 155 Å². The van der Waals surface area contributed by atoms with Gasteiger partial charge in [-0.1, -0.05) is 92.7 Å². The lowest BCUT2D eigenvalue weighted by molar-refractivity contribution is -0.346. The highest BCUT2D eigenvalue weighted by Gasteiger charge is 2.79. The van der Waals surface area contributed by atoms with Gasteiger partial charge in [-0.25, -0.2) is 24.0 Å². The second kappa shape index (κ2) is 21.6. The molecule has 3 aromatic carbocycles. The molecule has 13 atom stereocenters. The largest absolute Gasteiger partial charge is 0.459 e. The van der Waals surface area contributed by atoms with Crippen molar-refractivity contribution >= 4 is 41.8 Å². The molecule has 7 rings (SSSR count). The Balaban J connectivity index is 1.37. The molecule has 2 bridgehead atoms. The molecule has 3 aromatic rings. The number of aliphatic hydroxyl groups excluding tert-OH is 3. The molecule has 1 saturated heterocycles. The molecule has 20 nitrogen and oxygen atoms in total. The Hall–Kier alpha value is -6.71. The third-order valence-electron chi connectivity index (χ3n) is 15.2. The van der Waals surface area contributed by atoms with Gasteiger partial charge in [-0.2, -0.15) is 0 Å². The zero-order valence-electron chi connectivity index (χ0n) is 45.1. The maximum absolute atomic E-state index is 16.0. The number of amides is 2. The summed E-state index contributed by atoms with van der Waals surface area (Å²) in [5.74, 6) is -7.46. The second-order valence-corrected chi connectivity index (χ2v) is 23.0. The number of rotatable bonds is 13. The molecule has 2 amide bonds. The molecule has 1 heterocycles. The molecule has 77 heavy (non-hydrogen) atoms. The lowest BCUT2D eigenvalue weighted by Gasteiger charge is -2.67. The zero-order valence-corrected chi connectivity index (χ0v) is 45.1. The van der Waals surface area contributed by atoms with Crippen molar-refractivity contribution in [3.8, 4) is 0 Å². The standard InChI is InChI=1S/C57H70N2O18/c1-30-35(72-48(66)42(62)39(32-21-15-12-16-22-32)58-50(68)76-52(3,4)5)28-57(70)46(74-47(65)34-25-19-14-20-26-34)44-55(11,45(64)41(61)38(30)54(57,9)10)36(27-37-56(44,29-71-37)75-31(2)60)73-49(67)43(63)40(33-23-17-13-18-24-33)59-51(69)77-53(6,7)8/h12-26,35-37,39-44,46,61-63,70H,27-29H2,1-11H3,(H,58,68)(H,59,69)/t35-,36-,37+,39-,40-,41+,42+,43+,44-,46-,55+,56-,57+/m0/s1. The summed E-state index contributed by atoms with van der Waals surface area (Å²) >= 11 is 0. The van der Waals surface area contributed by atoms with Crippen molar-refractivity contribution in [1.29, 1.82) is 0 Å². The second-order valence-electron chi connectivity index (χ2n) is 23.0. The fourth-order valence-corrected chi connectivity index (χ4v) is 11.5. The van der Waals surface area contributed by atoms with Crippen molar-refractivity contribution in [1.82, 2.24) is 10.6 Å². The maximum Gasteiger partial charge on any atom is 0.408 e. The van der Waals surface area contributed by atoms with Crippen LogP contribution < -0.4 is 10.6 Å². The van der Waals surface area contributed by atoms with Gasteiger partial charge >= 0.3 is 36.1 Å². The van der Waals surface area contributed by atoms with Crippen LogP contribution in [0, 0.1) is 16.7 Å². The SMILES string of the molecule is CC(=O)O[C@@]12CO[C@@H]1C[C@H](OC(=O)[C@H](O)[C@@H](NC(=O)OC(C)(C)C)c1ccccc1)[C@@]1(C)C(=O)[C@H](O)C3=C(C)[C@@H](OC(=O)[C@H](O)[C@@H](NC(=O)OC(C)(C)C)c4ccccc4)C[C@@](O)([C@@H](OC(=O)c4ccccc4)[C@H]21)C3(C)C. The Morgan fingerprint density at radius 3 is 1.62 bits per heavy atom. The Morgan fingerprint density at radius 2 is 1.18 bits per heavy atom. The summed E-state index contributed by atoms with van der Waals surface area (Å²) < 4.78 is 42.0. The Morgan fingerprint density at radius 1 is 0.714 bits per heavy atom. The van der Waals surface area contributed by atoms with E-state index in [-0.39, 0.29) is 27.8 Å². The van der Waals surface area contributed by atoms with Gasteiger partial charge in [-0.05, 0) is 89.8 Å². The molecule has 0 spiro atoms. The fraction of sp³-hybridized carbons (Fsp3) is 0.526. The van der Waals surface area contributed by atoms with Gasteiger partial charge < -0.3 is 64.2 Å². The summed E-state index contributed by atoms with van der Waals surface area (Å²) in [6.07, 6.45) is -16.2. The van der Waals surface area contributed by atoms with Gasteiger partial charge in [-0.3, -0.25) is 9.59 Å². The number of ether oxygens (including phenoxy) is 7. The van der Waals surface area contributed by atoms with Crippen molar-refractivity contribution < 1.29 is 87.1 Å². The molecule has 0 radical (unpaired) electrons. The first-order valence-electron chi connectivity index (χ1n) is 25.5. The van der Waals surface area contributed by atoms with Crippen LogP contribution in [0.1, 0.15) is 123 Å². The van der Waals surface area contributed by atoms with Crippen LogP contribution in [0.15, 0.2) is 102 Å². The highest BCUT2D eigenvalue weighted by Crippen LogP contribution is 2.64. The average molecular weight is 1070 g/mol. The number of hydrogen-bond donors (Lipinski definition) is 6. The van der Waals surface area contributed by atoms with E-state index >= 15 is 4.79 Å². The quantitative estimate of drug-likeness (QED) is 0.0706. The maximum atomic E-state index is 16.0. The highest BCUT2D eigenvalue weighted by atomic mass is 16.6. The van der Waals surface area contributed by atoms with Gasteiger partial charge in [-0.15, -0.1) is 0 Å². The van der Waals surface area contributed by atoms with E-state index in [0.29, 0.717) is 0 Å². The third kappa shape index (κ3) is 11.3. The smallest absolute Gasteiger partial charge is 0.408 e. The topological polar surface area (TPSA) is 289 Å². The molecular formula is C57H70N2O18. The summed E-state index contributed by atoms with van der Waals surface area (Å²) in [6.45, 7) is 16.1. The van der Waals surface area contributed by atoms with Crippen molar-refractivity contribution in [2.45, 2.75) is 166 Å². The molecule has 0 aromatic heterocycles. The Bertz CT molecular complexity index is 2760. The summed E-state index contributed by atoms with van der Waals surface area (Å²) in [5.41, 5.74) is -10.3. The predicted molar refractivity (Wildman–Crippen MR) is 272 cm³/mol. The molecule has 1 aliphatic heterocycles. The van der Waals surface area contributed by atoms with Gasteiger partial charge in [0, 0.05) is 25.2 Å². The molecule has 6 N–H and O–H groups in total. The van der Waals surface area contributed by atoms with Crippen molar-refractivity contribution in [2.75, 3.05) is 6.61 Å². The number of Topliss-reactive ketones (excluding diaryl/α,β-unsaturated/α-hetero) is 1. The molecule has 0 unspecified atom stereocenters. The first-order valence-corrected chi connectivity index (χ1v) is 25.5. The van der Waals surface area contributed by atoms with E-state index in [4.69, 9.17) is 33.2 Å². The van der Waals surface area contributed by atoms with Crippen molar-refractivity contribution in [2.24, 2.45) is 16.7 Å². The zero-order chi connectivity index (χ0) is 56.8. The lowest BCUT2D eigenvalue weighted by Crippen LogP contribution is -2.82. The molecule has 20 heteroatoms. The first-order chi connectivity index (χ1) is 35.9. The van der Waals surface area contributed by atoms with Gasteiger partial charge in [0.25, 0.3) is 0 Å². The number of hydrogen-bond acceptors (Lipinski definition) is 18. The third-order valence-corrected chi connectivity index (χ3v) is 15.2. The van der Waals surface area contributed by atoms with Crippen LogP contribution in [0.5, 0.6) is 0 Å². The number of benzene rings is 3. The number of fused-ring (bicyclic) bond motifs is 5. The number of carbonyl (C=O) groups is 7. The average Bonchev–Trinajstić information content (AvgIpc) is 3.55. The molecule has 4 aliphatic rings. The first kappa shape index (κ1) is 58.0. The van der Waals surface area contributed by atoms with Crippen LogP contribution in [-0.2, 0) is 52.3 Å². The fourth-order valence-electron chi connectivity index (χ4n) is 11.5. The van der Waals surface area contributed by atoms with Crippen LogP contribution in [0.2, 0.25) is 0 Å². The molecule has 3 aliphatic carbocycles. The van der Waals surface area contributed by atoms with Gasteiger partial charge in [0.05, 0.1) is 35.6 Å². The van der Waals surface area contributed by atoms with Gasteiger partial charge in [0.2, 0.25) is 0 Å². The molecule has 416 valence electrons. The van der Waals surface area contributed by atoms with Crippen LogP contribution in [0.25, 0.3) is 0 Å². The van der Waals surface area contributed by atoms with Crippen LogP contribution in [0.3, 0.4) is 0 Å². The van der Waals surface area contributed by atoms with E-state index in [1.54, 1.807) is 108 Å². The number of ketones is 1. The number of nitrogens with one attached hydrogen (secondary N) is 2. The Labute approximate surface area is 446 Å². The molecular weight excluding hydrogens is 1000 g/mol. The number of aliphatic hydroxyl groups is 4. The summed E-state index contributed by atoms with van der Waals surface area (Å²) in [4.78, 5) is 99.4. The van der Waals surface area contributed by atoms with E-state index in [1.165, 1.54) is 52.0 Å². The lowest BCUT2D eigenvalue weighted by atomic mass is 9.44. The van der Waals surface area contributed by atoms with Crippen LogP contribution in [0.4, 0.5) is 9.59 Å². The van der Waals surface area contributed by atoms with Gasteiger partial charge in [0.1, 0.15) is 47.3 Å². The van der Waals surface area contributed by atoms with E-state index in [2.05, 4.69) is 10.6 Å². The minimum absolute atomic E-state index is 0.0170. The van der Waals surface area contributed by atoms with E-state index in [1.807, 2.05) is 0 Å². The Kier molecular flexibility index (Phi) is 16.3. The summed E-state index contributed by atoms with van der Waals surface area (Å²) in [6, 6.07) is 20.7. The highest BCUT2D eigenvalue weighted by molar-refractivity contribution is 5.94. The van der Waals surface area contributed by atoms with Crippen LogP contribution >= 0.6 is 0 Å². The molecule has 2 saturated carbocycles. The normalized spacial score (nSPS) is 29.1. The van der Waals surface area contributed by atoms with Crippen molar-refractivity contribution in [3.05, 3.63) is 119 Å². The van der Waals surface area contributed by atoms with Gasteiger partial charge in [0.15, 0.2) is 23.6 Å². The van der Waals surface area contributed by atoms with Crippen molar-refractivity contribution in [3.63, 3.8) is 0 Å². The number of esters is 4.